The van der Waals surface area contributed by atoms with Gasteiger partial charge in [0, 0.05) is 0 Å². The molecule has 30 heavy (non-hydrogen) atoms. The van der Waals surface area contributed by atoms with Gasteiger partial charge < -0.3 is 30.6 Å². The van der Waals surface area contributed by atoms with Crippen molar-refractivity contribution in [2.45, 2.75) is 38.5 Å². The molecule has 0 heterocycles. The van der Waals surface area contributed by atoms with Crippen LogP contribution >= 0.6 is 0 Å². The van der Waals surface area contributed by atoms with Gasteiger partial charge in [-0.2, -0.15) is 0 Å². The normalized spacial score (nSPS) is 13.1. The fraction of sp³-hybridized carbons (Fsp3) is 0.250. The first kappa shape index (κ1) is 21.2. The van der Waals surface area contributed by atoms with Gasteiger partial charge in [0.15, 0.2) is 23.0 Å². The Morgan fingerprint density at radius 1 is 0.500 bits per heavy atom. The highest BCUT2D eigenvalue weighted by Gasteiger charge is 2.17. The maximum absolute atomic E-state index is 10.0. The van der Waals surface area contributed by atoms with E-state index >= 15 is 0 Å². The molecule has 6 heteroatoms. The molecule has 0 aliphatic heterocycles. The van der Waals surface area contributed by atoms with E-state index in [2.05, 4.69) is 0 Å². The Labute approximate surface area is 175 Å². The van der Waals surface area contributed by atoms with E-state index in [4.69, 9.17) is 0 Å². The van der Waals surface area contributed by atoms with Crippen LogP contribution in [0.25, 0.3) is 0 Å². The van der Waals surface area contributed by atoms with Crippen LogP contribution in [0.4, 0.5) is 0 Å². The van der Waals surface area contributed by atoms with Crippen LogP contribution in [0.2, 0.25) is 0 Å². The van der Waals surface area contributed by atoms with E-state index in [0.29, 0.717) is 24.0 Å². The van der Waals surface area contributed by atoms with Crippen LogP contribution in [0.1, 0.15) is 47.9 Å². The van der Waals surface area contributed by atoms with Crippen molar-refractivity contribution in [3.8, 4) is 34.5 Å². The lowest BCUT2D eigenvalue weighted by molar-refractivity contribution is 0.364. The van der Waals surface area contributed by atoms with Crippen LogP contribution in [0.15, 0.2) is 48.5 Å². The molecule has 0 spiro atoms. The van der Waals surface area contributed by atoms with Crippen molar-refractivity contribution in [2.75, 3.05) is 0 Å². The van der Waals surface area contributed by atoms with E-state index in [1.165, 1.54) is 12.1 Å². The summed E-state index contributed by atoms with van der Waals surface area (Å²) in [6, 6.07) is 13.9. The molecule has 0 fully saturated rings. The highest BCUT2D eigenvalue weighted by molar-refractivity contribution is 5.54. The predicted molar refractivity (Wildman–Crippen MR) is 114 cm³/mol. The highest BCUT2D eigenvalue weighted by atomic mass is 16.3. The summed E-state index contributed by atoms with van der Waals surface area (Å²) in [7, 11) is 0. The molecule has 3 aromatic rings. The predicted octanol–water partition coefficient (Wildman–Crippen LogP) is 4.61. The number of rotatable bonds is 6. The molecule has 0 aliphatic rings. The van der Waals surface area contributed by atoms with Gasteiger partial charge in [0.2, 0.25) is 11.5 Å². The van der Waals surface area contributed by atoms with Crippen LogP contribution in [0.3, 0.4) is 0 Å². The lowest BCUT2D eigenvalue weighted by Gasteiger charge is -2.17. The van der Waals surface area contributed by atoms with Gasteiger partial charge >= 0.3 is 0 Å². The van der Waals surface area contributed by atoms with Crippen molar-refractivity contribution in [3.05, 3.63) is 70.8 Å². The van der Waals surface area contributed by atoms with Crippen molar-refractivity contribution in [2.24, 2.45) is 0 Å². The van der Waals surface area contributed by atoms with Crippen LogP contribution in [-0.2, 0) is 12.8 Å². The summed E-state index contributed by atoms with van der Waals surface area (Å²) in [5.74, 6) is -2.18. The number of phenols is 6. The molecule has 158 valence electrons. The number of hydrogen-bond donors (Lipinski definition) is 6. The first-order valence-corrected chi connectivity index (χ1v) is 9.74. The second-order valence-electron chi connectivity index (χ2n) is 7.76. The quantitative estimate of drug-likeness (QED) is 0.330. The largest absolute Gasteiger partial charge is 0.504 e. The maximum atomic E-state index is 10.0. The molecular formula is C24H26O6. The minimum Gasteiger partial charge on any atom is -0.504 e. The minimum atomic E-state index is -0.507. The summed E-state index contributed by atoms with van der Waals surface area (Å²) in [4.78, 5) is 0. The molecule has 0 amide bonds. The van der Waals surface area contributed by atoms with Crippen molar-refractivity contribution in [1.29, 1.82) is 0 Å². The molecular weight excluding hydrogens is 384 g/mol. The molecule has 3 aromatic carbocycles. The van der Waals surface area contributed by atoms with Crippen LogP contribution in [-0.4, -0.2) is 30.6 Å². The van der Waals surface area contributed by atoms with Gasteiger partial charge in [-0.3, -0.25) is 0 Å². The third-order valence-electron chi connectivity index (χ3n) is 5.55. The van der Waals surface area contributed by atoms with E-state index in [9.17, 15) is 30.6 Å². The molecule has 0 aliphatic carbocycles. The Morgan fingerprint density at radius 3 is 1.17 bits per heavy atom. The third kappa shape index (κ3) is 4.22. The molecule has 0 bridgehead atoms. The molecule has 2 unspecified atom stereocenters. The standard InChI is InChI=1S/C24H26O6/c1-13(11-17-7-9-19(25)23(29)21(17)27)15-3-5-16(6-4-15)14(2)12-18-8-10-20(26)24(30)22(18)28/h3-10,13-14,25-30H,11-12H2,1-2H3. The van der Waals surface area contributed by atoms with E-state index in [1.807, 2.05) is 38.1 Å². The Balaban J connectivity index is 1.71. The molecule has 0 radical (unpaired) electrons. The molecule has 0 aromatic heterocycles. The number of aromatic hydroxyl groups is 6. The fourth-order valence-electron chi connectivity index (χ4n) is 3.60. The van der Waals surface area contributed by atoms with E-state index < -0.39 is 11.5 Å². The van der Waals surface area contributed by atoms with E-state index in [-0.39, 0.29) is 34.8 Å². The summed E-state index contributed by atoms with van der Waals surface area (Å²) in [6.07, 6.45) is 0.991. The molecule has 0 saturated carbocycles. The molecule has 3 rings (SSSR count). The van der Waals surface area contributed by atoms with Crippen molar-refractivity contribution < 1.29 is 30.6 Å². The maximum Gasteiger partial charge on any atom is 0.200 e. The average Bonchev–Trinajstić information content (AvgIpc) is 2.74. The second-order valence-corrected chi connectivity index (χ2v) is 7.76. The summed E-state index contributed by atoms with van der Waals surface area (Å²) >= 11 is 0. The first-order valence-electron chi connectivity index (χ1n) is 9.74. The van der Waals surface area contributed by atoms with Gasteiger partial charge in [-0.1, -0.05) is 50.2 Å². The van der Waals surface area contributed by atoms with Crippen LogP contribution in [0, 0.1) is 0 Å². The lowest BCUT2D eigenvalue weighted by Crippen LogP contribution is -2.02. The topological polar surface area (TPSA) is 121 Å². The zero-order valence-corrected chi connectivity index (χ0v) is 16.9. The summed E-state index contributed by atoms with van der Waals surface area (Å²) < 4.78 is 0. The SMILES string of the molecule is CC(Cc1ccc(O)c(O)c1O)c1ccc(C(C)Cc2ccc(O)c(O)c2O)cc1. The smallest absolute Gasteiger partial charge is 0.200 e. The van der Waals surface area contributed by atoms with Crippen LogP contribution < -0.4 is 0 Å². The van der Waals surface area contributed by atoms with Gasteiger partial charge in [-0.05, 0) is 59.1 Å². The minimum absolute atomic E-state index is 0.0716. The number of benzene rings is 3. The fourth-order valence-corrected chi connectivity index (χ4v) is 3.60. The van der Waals surface area contributed by atoms with Gasteiger partial charge in [0.25, 0.3) is 0 Å². The average molecular weight is 410 g/mol. The van der Waals surface area contributed by atoms with Crippen molar-refractivity contribution >= 4 is 0 Å². The van der Waals surface area contributed by atoms with Crippen LogP contribution in [0.5, 0.6) is 34.5 Å². The Kier molecular flexibility index (Phi) is 5.96. The molecule has 2 atom stereocenters. The summed E-state index contributed by atoms with van der Waals surface area (Å²) in [5, 5.41) is 58.4. The Hall–Kier alpha value is -3.54. The Morgan fingerprint density at radius 2 is 0.833 bits per heavy atom. The lowest BCUT2D eigenvalue weighted by atomic mass is 9.89. The monoisotopic (exact) mass is 410 g/mol. The zero-order valence-electron chi connectivity index (χ0n) is 16.9. The number of hydrogen-bond acceptors (Lipinski definition) is 6. The van der Waals surface area contributed by atoms with Crippen molar-refractivity contribution in [1.82, 2.24) is 0 Å². The first-order chi connectivity index (χ1) is 14.2. The zero-order chi connectivity index (χ0) is 22.0. The molecule has 0 saturated heterocycles. The van der Waals surface area contributed by atoms with Crippen molar-refractivity contribution in [3.63, 3.8) is 0 Å². The van der Waals surface area contributed by atoms with E-state index in [0.717, 1.165) is 11.1 Å². The third-order valence-corrected chi connectivity index (χ3v) is 5.55. The molecule has 6 N–H and O–H groups in total. The Bertz CT molecular complexity index is 958. The second kappa shape index (κ2) is 8.45. The number of phenolic OH excluding ortho intramolecular Hbond substituents is 6. The summed E-state index contributed by atoms with van der Waals surface area (Å²) in [6.45, 7) is 4.03. The van der Waals surface area contributed by atoms with Gasteiger partial charge in [0.05, 0.1) is 0 Å². The van der Waals surface area contributed by atoms with Gasteiger partial charge in [-0.25, -0.2) is 0 Å². The summed E-state index contributed by atoms with van der Waals surface area (Å²) in [5.41, 5.74) is 3.22. The van der Waals surface area contributed by atoms with Gasteiger partial charge in [-0.15, -0.1) is 0 Å². The van der Waals surface area contributed by atoms with Gasteiger partial charge in [0.1, 0.15) is 0 Å². The van der Waals surface area contributed by atoms with E-state index in [1.54, 1.807) is 12.1 Å². The highest BCUT2D eigenvalue weighted by Crippen LogP contribution is 2.40. The molecule has 6 nitrogen and oxygen atoms in total.